The molecule has 0 saturated carbocycles. The van der Waals surface area contributed by atoms with Crippen molar-refractivity contribution in [1.29, 1.82) is 0 Å². The van der Waals surface area contributed by atoms with Gasteiger partial charge >= 0.3 is 0 Å². The van der Waals surface area contributed by atoms with Crippen LogP contribution >= 0.6 is 0 Å². The molecule has 3 unspecified atom stereocenters. The van der Waals surface area contributed by atoms with Crippen LogP contribution in [-0.4, -0.2) is 70.6 Å². The Bertz CT molecular complexity index is 526. The first-order valence-electron chi connectivity index (χ1n) is 6.87. The first kappa shape index (κ1) is 16.7. The van der Waals surface area contributed by atoms with E-state index in [9.17, 15) is 20.1 Å². The monoisotopic (exact) mass is 312 g/mol. The molecule has 1 aliphatic rings. The first-order valence-corrected chi connectivity index (χ1v) is 6.87. The molecule has 8 nitrogen and oxygen atoms in total. The van der Waals surface area contributed by atoms with Gasteiger partial charge in [0.05, 0.1) is 12.2 Å². The number of aliphatic hydroxyl groups is 4. The van der Waals surface area contributed by atoms with Crippen LogP contribution in [0, 0.1) is 0 Å². The lowest BCUT2D eigenvalue weighted by atomic mass is 9.96. The number of aliphatic hydroxyl groups excluding tert-OH is 4. The van der Waals surface area contributed by atoms with Crippen molar-refractivity contribution in [3.63, 3.8) is 0 Å². The number of carbonyl (C=O) groups is 1. The second kappa shape index (κ2) is 7.03. The number of hydrogen-bond acceptors (Lipinski definition) is 7. The zero-order valence-corrected chi connectivity index (χ0v) is 12.0. The number of amides is 1. The molecule has 22 heavy (non-hydrogen) atoms. The molecule has 0 aliphatic carbocycles. The number of nitrogens with one attached hydrogen (secondary N) is 2. The summed E-state index contributed by atoms with van der Waals surface area (Å²) in [6, 6.07) is 5.50. The predicted molar refractivity (Wildman–Crippen MR) is 77.2 cm³/mol. The molecule has 122 valence electrons. The fraction of sp³-hybridized carbons (Fsp3) is 0.500. The minimum atomic E-state index is -1.54. The van der Waals surface area contributed by atoms with Crippen LogP contribution in [0.25, 0.3) is 0 Å². The van der Waals surface area contributed by atoms with Crippen molar-refractivity contribution < 1.29 is 30.0 Å². The van der Waals surface area contributed by atoms with Gasteiger partial charge in [-0.05, 0) is 12.1 Å². The second-order valence-electron chi connectivity index (χ2n) is 5.02. The van der Waals surface area contributed by atoms with Crippen LogP contribution in [0.15, 0.2) is 24.3 Å². The molecule has 1 aliphatic heterocycles. The van der Waals surface area contributed by atoms with Crippen molar-refractivity contribution in [1.82, 2.24) is 5.32 Å². The fourth-order valence-electron chi connectivity index (χ4n) is 2.38. The molecule has 8 heteroatoms. The van der Waals surface area contributed by atoms with Crippen molar-refractivity contribution >= 4 is 11.6 Å². The third kappa shape index (κ3) is 3.21. The van der Waals surface area contributed by atoms with Gasteiger partial charge in [0, 0.05) is 12.7 Å². The summed E-state index contributed by atoms with van der Waals surface area (Å²) >= 11 is 0. The van der Waals surface area contributed by atoms with Crippen LogP contribution in [0.3, 0.4) is 0 Å². The minimum absolute atomic E-state index is 0.322. The lowest BCUT2D eigenvalue weighted by Crippen LogP contribution is -2.64. The summed E-state index contributed by atoms with van der Waals surface area (Å²) in [5, 5.41) is 44.0. The molecular weight excluding hydrogens is 292 g/mol. The highest BCUT2D eigenvalue weighted by atomic mass is 16.6. The largest absolute Gasteiger partial charge is 0.394 e. The van der Waals surface area contributed by atoms with Crippen molar-refractivity contribution in [3.8, 4) is 0 Å². The Morgan fingerprint density at radius 3 is 2.55 bits per heavy atom. The SMILES string of the molecule is CNc1ccccc1C(=O)NC1C(O)[C@@H](O)C(CO)O[C@H]1O. The summed E-state index contributed by atoms with van der Waals surface area (Å²) in [4.78, 5) is 12.3. The summed E-state index contributed by atoms with van der Waals surface area (Å²) in [6.07, 6.45) is -5.53. The Balaban J connectivity index is 2.14. The highest BCUT2D eigenvalue weighted by Crippen LogP contribution is 2.21. The molecule has 2 rings (SSSR count). The zero-order valence-electron chi connectivity index (χ0n) is 12.0. The summed E-state index contributed by atoms with van der Waals surface area (Å²) in [5.41, 5.74) is 0.901. The van der Waals surface area contributed by atoms with Gasteiger partial charge < -0.3 is 35.8 Å². The Hall–Kier alpha value is -1.71. The van der Waals surface area contributed by atoms with Crippen LogP contribution < -0.4 is 10.6 Å². The molecule has 6 N–H and O–H groups in total. The van der Waals surface area contributed by atoms with Crippen molar-refractivity contribution in [3.05, 3.63) is 29.8 Å². The van der Waals surface area contributed by atoms with Gasteiger partial charge in [-0.15, -0.1) is 0 Å². The van der Waals surface area contributed by atoms with Crippen molar-refractivity contribution in [2.45, 2.75) is 30.6 Å². The summed E-state index contributed by atoms with van der Waals surface area (Å²) in [7, 11) is 1.66. The predicted octanol–water partition coefficient (Wildman–Crippen LogP) is -1.74. The average molecular weight is 312 g/mol. The van der Waals surface area contributed by atoms with E-state index in [1.807, 2.05) is 0 Å². The van der Waals surface area contributed by atoms with Crippen LogP contribution in [0.1, 0.15) is 10.4 Å². The Morgan fingerprint density at radius 2 is 1.91 bits per heavy atom. The molecule has 1 saturated heterocycles. The van der Waals surface area contributed by atoms with Gasteiger partial charge in [-0.3, -0.25) is 4.79 Å². The normalized spacial score (nSPS) is 31.6. The number of para-hydroxylation sites is 1. The van der Waals surface area contributed by atoms with Crippen LogP contribution in [0.2, 0.25) is 0 Å². The first-order chi connectivity index (χ1) is 10.5. The molecule has 1 aromatic rings. The Morgan fingerprint density at radius 1 is 1.23 bits per heavy atom. The van der Waals surface area contributed by atoms with Crippen LogP contribution in [0.4, 0.5) is 5.69 Å². The van der Waals surface area contributed by atoms with E-state index in [1.165, 1.54) is 0 Å². The molecular formula is C14H20N2O6. The number of hydrogen-bond donors (Lipinski definition) is 6. The van der Waals surface area contributed by atoms with E-state index in [0.29, 0.717) is 11.3 Å². The van der Waals surface area contributed by atoms with E-state index in [-0.39, 0.29) is 0 Å². The van der Waals surface area contributed by atoms with Gasteiger partial charge in [-0.1, -0.05) is 12.1 Å². The molecule has 0 spiro atoms. The quantitative estimate of drug-likeness (QED) is 0.389. The molecule has 0 radical (unpaired) electrons. The standard InChI is InChI=1S/C14H20N2O6/c1-15-8-5-3-2-4-7(8)13(20)16-10-12(19)11(18)9(6-17)22-14(10)21/h2-5,9-12,14-15,17-19,21H,6H2,1H3,(H,16,20)/t9?,10?,11-,12?,14+/m0/s1. The smallest absolute Gasteiger partial charge is 0.253 e. The van der Waals surface area contributed by atoms with Gasteiger partial charge in [0.1, 0.15) is 24.4 Å². The third-order valence-corrected chi connectivity index (χ3v) is 3.64. The van der Waals surface area contributed by atoms with E-state index < -0.39 is 43.2 Å². The molecule has 0 aromatic heterocycles. The molecule has 0 bridgehead atoms. The highest BCUT2D eigenvalue weighted by molar-refractivity contribution is 5.99. The Labute approximate surface area is 127 Å². The van der Waals surface area contributed by atoms with E-state index in [2.05, 4.69) is 10.6 Å². The summed E-state index contributed by atoms with van der Waals surface area (Å²) in [5.74, 6) is -0.536. The maximum Gasteiger partial charge on any atom is 0.253 e. The van der Waals surface area contributed by atoms with E-state index in [1.54, 1.807) is 31.3 Å². The molecule has 1 amide bonds. The van der Waals surface area contributed by atoms with Crippen molar-refractivity contribution in [2.75, 3.05) is 19.0 Å². The summed E-state index contributed by atoms with van der Waals surface area (Å²) < 4.78 is 4.99. The average Bonchev–Trinajstić information content (AvgIpc) is 2.54. The number of anilines is 1. The zero-order chi connectivity index (χ0) is 16.3. The molecule has 1 aromatic carbocycles. The number of ether oxygens (including phenoxy) is 1. The van der Waals surface area contributed by atoms with Gasteiger partial charge in [0.15, 0.2) is 6.29 Å². The summed E-state index contributed by atoms with van der Waals surface area (Å²) in [6.45, 7) is -0.557. The second-order valence-corrected chi connectivity index (χ2v) is 5.02. The van der Waals surface area contributed by atoms with E-state index in [0.717, 1.165) is 0 Å². The maximum absolute atomic E-state index is 12.3. The van der Waals surface area contributed by atoms with Crippen LogP contribution in [-0.2, 0) is 4.74 Å². The highest BCUT2D eigenvalue weighted by Gasteiger charge is 2.44. The third-order valence-electron chi connectivity index (χ3n) is 3.64. The minimum Gasteiger partial charge on any atom is -0.394 e. The maximum atomic E-state index is 12.3. The lowest BCUT2D eigenvalue weighted by Gasteiger charge is -2.40. The van der Waals surface area contributed by atoms with Gasteiger partial charge in [0.25, 0.3) is 5.91 Å². The number of carbonyl (C=O) groups excluding carboxylic acids is 1. The topological polar surface area (TPSA) is 131 Å². The molecule has 1 fully saturated rings. The fourth-order valence-corrected chi connectivity index (χ4v) is 2.38. The molecule has 5 atom stereocenters. The Kier molecular flexibility index (Phi) is 5.33. The van der Waals surface area contributed by atoms with Gasteiger partial charge in [-0.25, -0.2) is 0 Å². The van der Waals surface area contributed by atoms with Crippen LogP contribution in [0.5, 0.6) is 0 Å². The van der Waals surface area contributed by atoms with Gasteiger partial charge in [-0.2, -0.15) is 0 Å². The lowest BCUT2D eigenvalue weighted by molar-refractivity contribution is -0.252. The van der Waals surface area contributed by atoms with E-state index >= 15 is 0 Å². The number of benzene rings is 1. The molecule has 1 heterocycles. The van der Waals surface area contributed by atoms with E-state index in [4.69, 9.17) is 9.84 Å². The van der Waals surface area contributed by atoms with Gasteiger partial charge in [0.2, 0.25) is 0 Å². The number of rotatable bonds is 4. The van der Waals surface area contributed by atoms with Crippen molar-refractivity contribution in [2.24, 2.45) is 0 Å².